The van der Waals surface area contributed by atoms with Gasteiger partial charge in [0, 0.05) is 17.6 Å². The maximum atomic E-state index is 12.2. The number of hydrogen-bond acceptors (Lipinski definition) is 2. The van der Waals surface area contributed by atoms with E-state index in [0.29, 0.717) is 18.1 Å². The van der Waals surface area contributed by atoms with E-state index in [-0.39, 0.29) is 11.9 Å². The molecule has 0 aromatic heterocycles. The fourth-order valence-electron chi connectivity index (χ4n) is 1.86. The molecular formula is C15H23ClN2O. The summed E-state index contributed by atoms with van der Waals surface area (Å²) in [5.41, 5.74) is 1.06. The van der Waals surface area contributed by atoms with E-state index >= 15 is 0 Å². The first kappa shape index (κ1) is 16.0. The summed E-state index contributed by atoms with van der Waals surface area (Å²) in [6.07, 6.45) is 1.03. The molecule has 1 rings (SSSR count). The molecule has 0 bridgehead atoms. The molecule has 0 aliphatic heterocycles. The number of carbonyl (C=O) groups excluding carboxylic acids is 1. The van der Waals surface area contributed by atoms with Crippen molar-refractivity contribution in [3.63, 3.8) is 0 Å². The van der Waals surface area contributed by atoms with E-state index in [9.17, 15) is 4.79 Å². The van der Waals surface area contributed by atoms with Gasteiger partial charge in [-0.3, -0.25) is 4.79 Å². The molecule has 0 aliphatic carbocycles. The monoisotopic (exact) mass is 282 g/mol. The molecule has 0 atom stereocenters. The van der Waals surface area contributed by atoms with Gasteiger partial charge in [0.1, 0.15) is 0 Å². The van der Waals surface area contributed by atoms with Crippen molar-refractivity contribution in [1.82, 2.24) is 10.2 Å². The van der Waals surface area contributed by atoms with Crippen LogP contribution in [0.3, 0.4) is 0 Å². The standard InChI is InChI=1S/C15H23ClN2O/c1-4-8-17-10-15(19)18(12(2)3)11-13-6-5-7-14(16)9-13/h5-7,9,12,17H,4,8,10-11H2,1-3H3. The highest BCUT2D eigenvalue weighted by Crippen LogP contribution is 2.14. The zero-order valence-corrected chi connectivity index (χ0v) is 12.7. The van der Waals surface area contributed by atoms with Gasteiger partial charge in [-0.05, 0) is 44.5 Å². The van der Waals surface area contributed by atoms with Gasteiger partial charge in [0.2, 0.25) is 5.91 Å². The van der Waals surface area contributed by atoms with Crippen LogP contribution in [0, 0.1) is 0 Å². The van der Waals surface area contributed by atoms with Gasteiger partial charge in [-0.1, -0.05) is 30.7 Å². The highest BCUT2D eigenvalue weighted by Gasteiger charge is 2.16. The Balaban J connectivity index is 2.64. The summed E-state index contributed by atoms with van der Waals surface area (Å²) in [6, 6.07) is 7.83. The summed E-state index contributed by atoms with van der Waals surface area (Å²) >= 11 is 5.97. The van der Waals surface area contributed by atoms with Gasteiger partial charge >= 0.3 is 0 Å². The van der Waals surface area contributed by atoms with Crippen LogP contribution in [0.5, 0.6) is 0 Å². The summed E-state index contributed by atoms with van der Waals surface area (Å²) in [6.45, 7) is 8.01. The fraction of sp³-hybridized carbons (Fsp3) is 0.533. The molecule has 1 aromatic rings. The lowest BCUT2D eigenvalue weighted by atomic mass is 10.2. The molecule has 1 aromatic carbocycles. The minimum Gasteiger partial charge on any atom is -0.335 e. The van der Waals surface area contributed by atoms with Crippen molar-refractivity contribution in [2.75, 3.05) is 13.1 Å². The van der Waals surface area contributed by atoms with Crippen molar-refractivity contribution in [3.05, 3.63) is 34.9 Å². The maximum absolute atomic E-state index is 12.2. The van der Waals surface area contributed by atoms with Crippen molar-refractivity contribution in [2.24, 2.45) is 0 Å². The smallest absolute Gasteiger partial charge is 0.237 e. The number of nitrogens with zero attached hydrogens (tertiary/aromatic N) is 1. The lowest BCUT2D eigenvalue weighted by Crippen LogP contribution is -2.41. The lowest BCUT2D eigenvalue weighted by Gasteiger charge is -2.27. The van der Waals surface area contributed by atoms with E-state index < -0.39 is 0 Å². The summed E-state index contributed by atoms with van der Waals surface area (Å²) in [5, 5.41) is 3.86. The first-order chi connectivity index (χ1) is 9.04. The lowest BCUT2D eigenvalue weighted by molar-refractivity contribution is -0.132. The van der Waals surface area contributed by atoms with Gasteiger partial charge in [0.25, 0.3) is 0 Å². The second-order valence-electron chi connectivity index (χ2n) is 4.92. The Labute approximate surface area is 120 Å². The van der Waals surface area contributed by atoms with Crippen LogP contribution in [0.25, 0.3) is 0 Å². The van der Waals surface area contributed by atoms with Crippen molar-refractivity contribution >= 4 is 17.5 Å². The Morgan fingerprint density at radius 2 is 2.16 bits per heavy atom. The fourth-order valence-corrected chi connectivity index (χ4v) is 2.08. The average molecular weight is 283 g/mol. The van der Waals surface area contributed by atoms with E-state index in [1.807, 2.05) is 43.0 Å². The molecule has 106 valence electrons. The quantitative estimate of drug-likeness (QED) is 0.780. The number of rotatable bonds is 7. The zero-order chi connectivity index (χ0) is 14.3. The van der Waals surface area contributed by atoms with Crippen molar-refractivity contribution < 1.29 is 4.79 Å². The van der Waals surface area contributed by atoms with Crippen LogP contribution in [0.2, 0.25) is 5.02 Å². The van der Waals surface area contributed by atoms with Gasteiger partial charge in [-0.25, -0.2) is 0 Å². The van der Waals surface area contributed by atoms with Gasteiger partial charge in [-0.15, -0.1) is 0 Å². The molecule has 0 radical (unpaired) electrons. The van der Waals surface area contributed by atoms with Gasteiger partial charge in [-0.2, -0.15) is 0 Å². The molecule has 4 heteroatoms. The number of benzene rings is 1. The molecule has 0 unspecified atom stereocenters. The summed E-state index contributed by atoms with van der Waals surface area (Å²) in [4.78, 5) is 14.0. The highest BCUT2D eigenvalue weighted by molar-refractivity contribution is 6.30. The summed E-state index contributed by atoms with van der Waals surface area (Å²) in [5.74, 6) is 0.128. The first-order valence-corrected chi connectivity index (χ1v) is 7.17. The summed E-state index contributed by atoms with van der Waals surface area (Å²) < 4.78 is 0. The van der Waals surface area contributed by atoms with Crippen molar-refractivity contribution in [1.29, 1.82) is 0 Å². The minimum absolute atomic E-state index is 0.128. The van der Waals surface area contributed by atoms with Crippen LogP contribution < -0.4 is 5.32 Å². The van der Waals surface area contributed by atoms with Crippen LogP contribution in [-0.2, 0) is 11.3 Å². The second kappa shape index (κ2) is 8.18. The number of carbonyl (C=O) groups is 1. The Hall–Kier alpha value is -1.06. The first-order valence-electron chi connectivity index (χ1n) is 6.79. The largest absolute Gasteiger partial charge is 0.335 e. The Kier molecular flexibility index (Phi) is 6.89. The van der Waals surface area contributed by atoms with Crippen molar-refractivity contribution in [2.45, 2.75) is 39.8 Å². The third-order valence-corrected chi connectivity index (χ3v) is 3.12. The Bertz CT molecular complexity index is 407. The number of halogens is 1. The number of hydrogen-bond donors (Lipinski definition) is 1. The SMILES string of the molecule is CCCNCC(=O)N(Cc1cccc(Cl)c1)C(C)C. The van der Waals surface area contributed by atoms with Gasteiger partial charge in [0.15, 0.2) is 0 Å². The molecule has 0 saturated heterocycles. The highest BCUT2D eigenvalue weighted by atomic mass is 35.5. The van der Waals surface area contributed by atoms with Crippen LogP contribution in [0.1, 0.15) is 32.8 Å². The second-order valence-corrected chi connectivity index (χ2v) is 5.36. The molecule has 0 saturated carbocycles. The number of nitrogens with one attached hydrogen (secondary N) is 1. The zero-order valence-electron chi connectivity index (χ0n) is 11.9. The average Bonchev–Trinajstić information content (AvgIpc) is 2.36. The molecule has 0 heterocycles. The van der Waals surface area contributed by atoms with Crippen molar-refractivity contribution in [3.8, 4) is 0 Å². The molecule has 0 spiro atoms. The Morgan fingerprint density at radius 1 is 1.42 bits per heavy atom. The Morgan fingerprint density at radius 3 is 2.74 bits per heavy atom. The van der Waals surface area contributed by atoms with E-state index in [1.54, 1.807) is 0 Å². The van der Waals surface area contributed by atoms with Crippen LogP contribution in [-0.4, -0.2) is 29.9 Å². The van der Waals surface area contributed by atoms with E-state index in [2.05, 4.69) is 12.2 Å². The van der Waals surface area contributed by atoms with Crippen LogP contribution >= 0.6 is 11.6 Å². The molecule has 1 N–H and O–H groups in total. The topological polar surface area (TPSA) is 32.3 Å². The predicted octanol–water partition coefficient (Wildman–Crippen LogP) is 3.08. The van der Waals surface area contributed by atoms with E-state index in [0.717, 1.165) is 18.5 Å². The molecule has 19 heavy (non-hydrogen) atoms. The number of amides is 1. The van der Waals surface area contributed by atoms with Crippen LogP contribution in [0.4, 0.5) is 0 Å². The predicted molar refractivity (Wildman–Crippen MR) is 80.3 cm³/mol. The summed E-state index contributed by atoms with van der Waals surface area (Å²) in [7, 11) is 0. The third kappa shape index (κ3) is 5.62. The molecule has 0 fully saturated rings. The molecule has 3 nitrogen and oxygen atoms in total. The normalized spacial score (nSPS) is 10.8. The van der Waals surface area contributed by atoms with Gasteiger partial charge in [0.05, 0.1) is 6.54 Å². The van der Waals surface area contributed by atoms with Gasteiger partial charge < -0.3 is 10.2 Å². The molecular weight excluding hydrogens is 260 g/mol. The third-order valence-electron chi connectivity index (χ3n) is 2.89. The van der Waals surface area contributed by atoms with E-state index in [4.69, 9.17) is 11.6 Å². The maximum Gasteiger partial charge on any atom is 0.237 e. The van der Waals surface area contributed by atoms with Crippen LogP contribution in [0.15, 0.2) is 24.3 Å². The minimum atomic E-state index is 0.128. The van der Waals surface area contributed by atoms with E-state index in [1.165, 1.54) is 0 Å². The molecule has 1 amide bonds. The molecule has 0 aliphatic rings.